The first kappa shape index (κ1) is 36.2. The van der Waals surface area contributed by atoms with Crippen LogP contribution in [0.5, 0.6) is 0 Å². The fraction of sp³-hybridized carbons (Fsp3) is 0.629. The third kappa shape index (κ3) is 12.7. The van der Waals surface area contributed by atoms with Crippen molar-refractivity contribution in [2.24, 2.45) is 5.92 Å². The molecular weight excluding hydrogens is 546 g/mol. The van der Waals surface area contributed by atoms with Gasteiger partial charge in [0.05, 0.1) is 12.7 Å². The van der Waals surface area contributed by atoms with Crippen LogP contribution in [0.4, 0.5) is 4.79 Å². The number of ether oxygens (including phenoxy) is 4. The molecule has 1 fully saturated rings. The summed E-state index contributed by atoms with van der Waals surface area (Å²) in [6.45, 7) is 24.0. The van der Waals surface area contributed by atoms with Gasteiger partial charge in [0.1, 0.15) is 18.2 Å². The minimum atomic E-state index is -0.677. The Morgan fingerprint density at radius 1 is 1.09 bits per heavy atom. The number of Topliss-reactive ketones (excluding diaryl/α,β-unsaturated/α-hetero) is 1. The van der Waals surface area contributed by atoms with Crippen molar-refractivity contribution >= 4 is 17.8 Å². The summed E-state index contributed by atoms with van der Waals surface area (Å²) in [5.41, 5.74) is 4.50. The van der Waals surface area contributed by atoms with E-state index in [0.717, 1.165) is 24.0 Å². The molecule has 3 aliphatic rings. The second-order valence-electron chi connectivity index (χ2n) is 13.1. The van der Waals surface area contributed by atoms with Gasteiger partial charge in [-0.3, -0.25) is 9.69 Å². The summed E-state index contributed by atoms with van der Waals surface area (Å²) in [6.07, 6.45) is 8.95. The molecule has 1 aliphatic carbocycles. The van der Waals surface area contributed by atoms with Crippen LogP contribution in [0.1, 0.15) is 93.9 Å². The molecule has 4 unspecified atom stereocenters. The van der Waals surface area contributed by atoms with Crippen molar-refractivity contribution in [2.75, 3.05) is 19.8 Å². The zero-order valence-corrected chi connectivity index (χ0v) is 27.6. The number of fused-ring (bicyclic) bond motifs is 1. The number of allylic oxidation sites excluding steroid dienone is 4. The predicted molar refractivity (Wildman–Crippen MR) is 169 cm³/mol. The van der Waals surface area contributed by atoms with Gasteiger partial charge in [-0.05, 0) is 111 Å². The molecule has 0 aromatic carbocycles. The van der Waals surface area contributed by atoms with Gasteiger partial charge in [0.15, 0.2) is 12.1 Å². The van der Waals surface area contributed by atoms with E-state index in [0.29, 0.717) is 44.4 Å². The molecule has 1 saturated heterocycles. The Morgan fingerprint density at radius 2 is 1.77 bits per heavy atom. The largest absolute Gasteiger partial charge is 0.460 e. The van der Waals surface area contributed by atoms with Crippen molar-refractivity contribution in [3.05, 3.63) is 59.3 Å². The van der Waals surface area contributed by atoms with E-state index in [4.69, 9.17) is 18.9 Å². The molecule has 0 radical (unpaired) electrons. The zero-order chi connectivity index (χ0) is 32.3. The number of nitrogens with zero attached hydrogens (tertiary/aromatic N) is 1. The summed E-state index contributed by atoms with van der Waals surface area (Å²) in [7, 11) is 0. The van der Waals surface area contributed by atoms with E-state index in [9.17, 15) is 14.4 Å². The van der Waals surface area contributed by atoms with Gasteiger partial charge in [0.2, 0.25) is 0 Å². The molecule has 2 aliphatic heterocycles. The van der Waals surface area contributed by atoms with Crippen molar-refractivity contribution in [1.82, 2.24) is 4.90 Å². The van der Waals surface area contributed by atoms with Crippen LogP contribution in [0.25, 0.3) is 0 Å². The Hall–Kier alpha value is -2.97. The fourth-order valence-electron chi connectivity index (χ4n) is 4.90. The smallest absolute Gasteiger partial charge is 0.411 e. The molecular formula is C35H53NO7. The number of carbonyl (C=O) groups excluding carboxylic acids is 3. The monoisotopic (exact) mass is 599 g/mol. The van der Waals surface area contributed by atoms with E-state index >= 15 is 0 Å². The van der Waals surface area contributed by atoms with Crippen molar-refractivity contribution < 1.29 is 33.3 Å². The van der Waals surface area contributed by atoms with Gasteiger partial charge in [0, 0.05) is 18.9 Å². The Balaban J connectivity index is 0.000000621. The number of hydrogen-bond acceptors (Lipinski definition) is 7. The Kier molecular flexibility index (Phi) is 14.1. The summed E-state index contributed by atoms with van der Waals surface area (Å²) >= 11 is 0. The van der Waals surface area contributed by atoms with Gasteiger partial charge in [-0.25, -0.2) is 9.59 Å². The third-order valence-electron chi connectivity index (χ3n) is 7.24. The average Bonchev–Trinajstić information content (AvgIpc) is 3.37. The third-order valence-corrected chi connectivity index (χ3v) is 7.24. The highest BCUT2D eigenvalue weighted by Gasteiger charge is 2.40. The molecule has 43 heavy (non-hydrogen) atoms. The van der Waals surface area contributed by atoms with E-state index in [1.807, 2.05) is 13.0 Å². The minimum absolute atomic E-state index is 0.0164. The second-order valence-corrected chi connectivity index (χ2v) is 13.1. The molecule has 0 aromatic rings. The van der Waals surface area contributed by atoms with Gasteiger partial charge < -0.3 is 18.9 Å². The molecule has 1 amide bonds. The summed E-state index contributed by atoms with van der Waals surface area (Å²) in [4.78, 5) is 39.2. The van der Waals surface area contributed by atoms with Crippen LogP contribution >= 0.6 is 0 Å². The van der Waals surface area contributed by atoms with Crippen molar-refractivity contribution in [3.63, 3.8) is 0 Å². The Bertz CT molecular complexity index is 1120. The van der Waals surface area contributed by atoms with Crippen LogP contribution in [-0.4, -0.2) is 66.5 Å². The fourth-order valence-corrected chi connectivity index (χ4v) is 4.90. The van der Waals surface area contributed by atoms with E-state index in [1.165, 1.54) is 16.0 Å². The van der Waals surface area contributed by atoms with Crippen LogP contribution in [0.2, 0.25) is 0 Å². The van der Waals surface area contributed by atoms with E-state index in [1.54, 1.807) is 33.8 Å². The maximum atomic E-state index is 12.9. The molecule has 8 nitrogen and oxygen atoms in total. The Morgan fingerprint density at radius 3 is 2.37 bits per heavy atom. The number of amides is 1. The van der Waals surface area contributed by atoms with Crippen LogP contribution < -0.4 is 0 Å². The standard InChI is InChI=1S/C26H37NO7.C9H16/c1-16(2)9-11-31-23-13-18(19-14-21(28)17(3)12-22(19)33-23)15-32-24(29)20-8-7-10-27(20)25(30)34-26(4,5)6;1-8(2)6-5-7-9(3)4/h12-13,19-20,22-23H,1,7-11,14-15H2,2-6H3;7H,1,5-6H2,2-4H3. The number of esters is 1. The highest BCUT2D eigenvalue weighted by molar-refractivity contribution is 5.96. The van der Waals surface area contributed by atoms with Gasteiger partial charge in [-0.1, -0.05) is 22.8 Å². The molecule has 8 heteroatoms. The number of carbonyl (C=O) groups is 3. The number of hydrogen-bond donors (Lipinski definition) is 0. The lowest BCUT2D eigenvalue weighted by molar-refractivity contribution is -0.157. The molecule has 2 heterocycles. The first-order chi connectivity index (χ1) is 20.1. The Labute approximate surface area is 258 Å². The summed E-state index contributed by atoms with van der Waals surface area (Å²) < 4.78 is 23.0. The van der Waals surface area contributed by atoms with Gasteiger partial charge >= 0.3 is 12.1 Å². The van der Waals surface area contributed by atoms with Crippen LogP contribution in [0.3, 0.4) is 0 Å². The molecule has 0 N–H and O–H groups in total. The van der Waals surface area contributed by atoms with Crippen molar-refractivity contribution in [2.45, 2.75) is 118 Å². The molecule has 240 valence electrons. The van der Waals surface area contributed by atoms with Crippen LogP contribution in [0.15, 0.2) is 59.3 Å². The lowest BCUT2D eigenvalue weighted by Crippen LogP contribution is -2.44. The minimum Gasteiger partial charge on any atom is -0.460 e. The highest BCUT2D eigenvalue weighted by Crippen LogP contribution is 2.35. The number of ketones is 1. The summed E-state index contributed by atoms with van der Waals surface area (Å²) in [6, 6.07) is -0.677. The van der Waals surface area contributed by atoms with E-state index < -0.39 is 30.0 Å². The molecule has 0 bridgehead atoms. The predicted octanol–water partition coefficient (Wildman–Crippen LogP) is 7.41. The molecule has 0 aromatic heterocycles. The first-order valence-electron chi connectivity index (χ1n) is 15.3. The lowest BCUT2D eigenvalue weighted by Gasteiger charge is -2.37. The van der Waals surface area contributed by atoms with Gasteiger partial charge in [-0.15, -0.1) is 13.2 Å². The van der Waals surface area contributed by atoms with E-state index in [2.05, 4.69) is 40.0 Å². The average molecular weight is 600 g/mol. The second kappa shape index (κ2) is 16.8. The maximum Gasteiger partial charge on any atom is 0.411 e. The van der Waals surface area contributed by atoms with Crippen molar-refractivity contribution in [1.29, 1.82) is 0 Å². The quantitative estimate of drug-likeness (QED) is 0.191. The molecule has 0 saturated carbocycles. The molecule has 4 atom stereocenters. The zero-order valence-electron chi connectivity index (χ0n) is 27.6. The van der Waals surface area contributed by atoms with Gasteiger partial charge in [-0.2, -0.15) is 0 Å². The van der Waals surface area contributed by atoms with Gasteiger partial charge in [0.25, 0.3) is 0 Å². The SMILES string of the molecule is C=C(C)CCC=C(C)C.C=C(C)CCOC1C=C(COC(=O)C2CCCN2C(=O)OC(C)(C)C)C2CC(=O)C(C)=CC2O1. The van der Waals surface area contributed by atoms with Crippen LogP contribution in [0, 0.1) is 5.92 Å². The number of likely N-dealkylation sites (tertiary alicyclic amines) is 1. The summed E-state index contributed by atoms with van der Waals surface area (Å²) in [5, 5.41) is 0. The van der Waals surface area contributed by atoms with Crippen LogP contribution in [-0.2, 0) is 28.5 Å². The first-order valence-corrected chi connectivity index (χ1v) is 15.3. The van der Waals surface area contributed by atoms with E-state index in [-0.39, 0.29) is 24.4 Å². The lowest BCUT2D eigenvalue weighted by atomic mass is 9.80. The number of rotatable bonds is 10. The topological polar surface area (TPSA) is 91.4 Å². The summed E-state index contributed by atoms with van der Waals surface area (Å²) in [5.74, 6) is -0.632. The maximum absolute atomic E-state index is 12.9. The molecule has 3 rings (SSSR count). The molecule has 0 spiro atoms. The highest BCUT2D eigenvalue weighted by atomic mass is 16.7. The van der Waals surface area contributed by atoms with Crippen molar-refractivity contribution in [3.8, 4) is 0 Å². The normalized spacial score (nSPS) is 23.2.